The van der Waals surface area contributed by atoms with Gasteiger partial charge in [-0.1, -0.05) is 0 Å². The predicted octanol–water partition coefficient (Wildman–Crippen LogP) is -2.20. The molecule has 3 unspecified atom stereocenters. The normalized spacial score (nSPS) is 42.6. The summed E-state index contributed by atoms with van der Waals surface area (Å²) in [5, 5.41) is 0. The summed E-state index contributed by atoms with van der Waals surface area (Å²) in [6.45, 7) is 0. The van der Waals surface area contributed by atoms with Gasteiger partial charge in [-0.05, 0) is 0 Å². The van der Waals surface area contributed by atoms with Gasteiger partial charge in [-0.3, -0.25) is 0 Å². The van der Waals surface area contributed by atoms with Crippen LogP contribution in [-0.2, 0) is 9.53 Å². The summed E-state index contributed by atoms with van der Waals surface area (Å²) in [7, 11) is 0. The van der Waals surface area contributed by atoms with Gasteiger partial charge in [-0.15, -0.1) is 0 Å². The minimum atomic E-state index is 0.0787. The Kier molecular flexibility index (Phi) is 2.08. The van der Waals surface area contributed by atoms with Crippen molar-refractivity contribution in [3.8, 4) is 0 Å². The molecule has 0 aromatic rings. The molecule has 1 aliphatic carbocycles. The van der Waals surface area contributed by atoms with Crippen LogP contribution in [0.2, 0.25) is 0 Å². The second-order valence-electron chi connectivity index (χ2n) is 3.22. The summed E-state index contributed by atoms with van der Waals surface area (Å²) in [4.78, 5) is 13.4. The Labute approximate surface area is 76.9 Å². The summed E-state index contributed by atoms with van der Waals surface area (Å²) in [6, 6.07) is 0. The quantitative estimate of drug-likeness (QED) is 0.306. The van der Waals surface area contributed by atoms with Gasteiger partial charge >= 0.3 is 76.8 Å². The van der Waals surface area contributed by atoms with Crippen molar-refractivity contribution in [1.29, 1.82) is 0 Å². The molecule has 0 amide bonds. The molecule has 1 saturated heterocycles. The summed E-state index contributed by atoms with van der Waals surface area (Å²) in [6.07, 6.45) is 3.68. The Morgan fingerprint density at radius 3 is 3.09 bits per heavy atom. The van der Waals surface area contributed by atoms with Gasteiger partial charge in [-0.25, -0.2) is 0 Å². The van der Waals surface area contributed by atoms with Gasteiger partial charge in [0.2, 0.25) is 0 Å². The van der Waals surface area contributed by atoms with Crippen LogP contribution in [0.4, 0.5) is 0 Å². The van der Waals surface area contributed by atoms with Crippen molar-refractivity contribution < 1.29 is 30.7 Å². The van der Waals surface area contributed by atoms with Gasteiger partial charge in [0.1, 0.15) is 0 Å². The van der Waals surface area contributed by atoms with Crippen molar-refractivity contribution in [2.45, 2.75) is 29.3 Å². The molecule has 3 atom stereocenters. The Balaban J connectivity index is 2.08. The topological polar surface area (TPSA) is 26.3 Å². The van der Waals surface area contributed by atoms with Crippen molar-refractivity contribution in [2.75, 3.05) is 4.93 Å². The molecule has 2 aliphatic rings. The second-order valence-corrected chi connectivity index (χ2v) is 6.07. The molecule has 0 aromatic heterocycles. The third-order valence-corrected chi connectivity index (χ3v) is 5.62. The monoisotopic (exact) mass is 267 g/mol. The number of ether oxygens (including phenoxy) is 1. The standard InChI is InChI=1S/C8H12IO2/c1-9-6-3-2-5-4-7(6)11-8(5)10/h5-7H,2-4H2,1H3/q-1. The van der Waals surface area contributed by atoms with E-state index in [0.29, 0.717) is 6.10 Å². The average molecular weight is 267 g/mol. The molecule has 0 radical (unpaired) electrons. The molecule has 64 valence electrons. The van der Waals surface area contributed by atoms with Crippen LogP contribution in [0.25, 0.3) is 0 Å². The first kappa shape index (κ1) is 7.83. The number of esters is 1. The van der Waals surface area contributed by atoms with E-state index in [4.69, 9.17) is 4.74 Å². The van der Waals surface area contributed by atoms with E-state index in [-0.39, 0.29) is 33.1 Å². The van der Waals surface area contributed by atoms with Crippen molar-refractivity contribution in [3.63, 3.8) is 0 Å². The van der Waals surface area contributed by atoms with Gasteiger partial charge in [0.05, 0.1) is 0 Å². The van der Waals surface area contributed by atoms with E-state index >= 15 is 0 Å². The molecular formula is C8H12IO2-. The fraction of sp³-hybridized carbons (Fsp3) is 0.875. The molecule has 0 N–H and O–H groups in total. The van der Waals surface area contributed by atoms with Crippen molar-refractivity contribution in [1.82, 2.24) is 0 Å². The van der Waals surface area contributed by atoms with E-state index in [9.17, 15) is 4.79 Å². The van der Waals surface area contributed by atoms with Crippen molar-refractivity contribution >= 4 is 5.97 Å². The zero-order valence-corrected chi connectivity index (χ0v) is 8.71. The predicted molar refractivity (Wildman–Crippen MR) is 36.9 cm³/mol. The van der Waals surface area contributed by atoms with E-state index in [1.807, 2.05) is 0 Å². The Morgan fingerprint density at radius 1 is 1.55 bits per heavy atom. The molecular weight excluding hydrogens is 255 g/mol. The Morgan fingerprint density at radius 2 is 2.36 bits per heavy atom. The molecule has 2 nitrogen and oxygen atoms in total. The van der Waals surface area contributed by atoms with Crippen LogP contribution < -0.4 is 21.2 Å². The molecule has 2 rings (SSSR count). The molecule has 2 fully saturated rings. The Bertz CT molecular complexity index is 181. The first-order valence-corrected chi connectivity index (χ1v) is 7.40. The molecule has 2 bridgehead atoms. The molecule has 3 heteroatoms. The van der Waals surface area contributed by atoms with Gasteiger partial charge in [0, 0.05) is 0 Å². The summed E-state index contributed by atoms with van der Waals surface area (Å²) < 4.78 is 6.04. The number of rotatable bonds is 1. The van der Waals surface area contributed by atoms with Crippen LogP contribution in [0.3, 0.4) is 0 Å². The number of carbonyl (C=O) groups excluding carboxylic acids is 1. The van der Waals surface area contributed by atoms with Crippen LogP contribution in [0.5, 0.6) is 0 Å². The van der Waals surface area contributed by atoms with E-state index in [1.54, 1.807) is 0 Å². The molecule has 0 spiro atoms. The number of hydrogen-bond acceptors (Lipinski definition) is 2. The number of halogens is 1. The maximum atomic E-state index is 11.1. The van der Waals surface area contributed by atoms with E-state index in [1.165, 1.54) is 6.42 Å². The van der Waals surface area contributed by atoms with Crippen LogP contribution in [-0.4, -0.2) is 20.9 Å². The van der Waals surface area contributed by atoms with Crippen LogP contribution in [0.15, 0.2) is 0 Å². The molecule has 1 heterocycles. The first-order chi connectivity index (χ1) is 5.31. The van der Waals surface area contributed by atoms with Crippen molar-refractivity contribution in [2.24, 2.45) is 5.92 Å². The van der Waals surface area contributed by atoms with Crippen LogP contribution in [0, 0.1) is 5.92 Å². The summed E-state index contributed by atoms with van der Waals surface area (Å²) in [5.41, 5.74) is 0. The van der Waals surface area contributed by atoms with Crippen molar-refractivity contribution in [3.05, 3.63) is 0 Å². The van der Waals surface area contributed by atoms with Gasteiger partial charge in [-0.2, -0.15) is 0 Å². The SMILES string of the molecule is C[I-]C1CCC2CC1OC2=O. The van der Waals surface area contributed by atoms with Crippen LogP contribution in [0.1, 0.15) is 19.3 Å². The van der Waals surface area contributed by atoms with E-state index in [0.717, 1.165) is 16.8 Å². The van der Waals surface area contributed by atoms with Crippen LogP contribution >= 0.6 is 0 Å². The zero-order chi connectivity index (χ0) is 7.84. The second kappa shape index (κ2) is 2.92. The summed E-state index contributed by atoms with van der Waals surface area (Å²) in [5.74, 6) is 0.349. The molecule has 11 heavy (non-hydrogen) atoms. The third kappa shape index (κ3) is 1.27. The fourth-order valence-corrected chi connectivity index (χ4v) is 4.15. The van der Waals surface area contributed by atoms with Gasteiger partial charge < -0.3 is 0 Å². The molecule has 1 aliphatic heterocycles. The zero-order valence-electron chi connectivity index (χ0n) is 6.55. The van der Waals surface area contributed by atoms with Gasteiger partial charge in [0.15, 0.2) is 0 Å². The Hall–Kier alpha value is 0.200. The van der Waals surface area contributed by atoms with Gasteiger partial charge in [0.25, 0.3) is 0 Å². The third-order valence-electron chi connectivity index (χ3n) is 2.59. The number of alkyl halides is 2. The maximum absolute atomic E-state index is 11.1. The number of carbonyl (C=O) groups is 1. The fourth-order valence-electron chi connectivity index (χ4n) is 1.92. The first-order valence-electron chi connectivity index (χ1n) is 4.00. The van der Waals surface area contributed by atoms with E-state index in [2.05, 4.69) is 4.93 Å². The molecule has 0 aromatic carbocycles. The number of fused-ring (bicyclic) bond motifs is 2. The summed E-state index contributed by atoms with van der Waals surface area (Å²) >= 11 is 0.270. The number of hydrogen-bond donors (Lipinski definition) is 0. The molecule has 1 saturated carbocycles. The minimum absolute atomic E-state index is 0.0787. The van der Waals surface area contributed by atoms with E-state index < -0.39 is 0 Å². The average Bonchev–Trinajstić information content (AvgIpc) is 2.30.